The van der Waals surface area contributed by atoms with Crippen LogP contribution in [-0.4, -0.2) is 67.5 Å². The summed E-state index contributed by atoms with van der Waals surface area (Å²) in [5, 5.41) is 2.74. The molecule has 31 heavy (non-hydrogen) atoms. The van der Waals surface area contributed by atoms with Crippen molar-refractivity contribution in [2.45, 2.75) is 13.0 Å². The summed E-state index contributed by atoms with van der Waals surface area (Å²) < 4.78 is 32.3. The second-order valence-corrected chi connectivity index (χ2v) is 10.5. The third kappa shape index (κ3) is 3.42. The third-order valence-corrected chi connectivity index (χ3v) is 7.70. The van der Waals surface area contributed by atoms with Crippen LogP contribution in [0.4, 0.5) is 11.5 Å². The predicted octanol–water partition coefficient (Wildman–Crippen LogP) is 2.86. The number of aromatic nitrogens is 4. The maximum Gasteiger partial charge on any atom is 0.232 e. The van der Waals surface area contributed by atoms with Gasteiger partial charge in [-0.15, -0.1) is 11.3 Å². The Morgan fingerprint density at radius 2 is 2.16 bits per heavy atom. The normalized spacial score (nSPS) is 17.5. The van der Waals surface area contributed by atoms with E-state index in [-0.39, 0.29) is 6.04 Å². The molecule has 0 saturated carbocycles. The van der Waals surface area contributed by atoms with Gasteiger partial charge >= 0.3 is 0 Å². The highest BCUT2D eigenvalue weighted by atomic mass is 32.2. The van der Waals surface area contributed by atoms with Crippen LogP contribution < -0.4 is 9.21 Å². The Bertz CT molecular complexity index is 1380. The average Bonchev–Trinajstić information content (AvgIpc) is 3.39. The number of anilines is 2. The van der Waals surface area contributed by atoms with Crippen LogP contribution in [0.2, 0.25) is 0 Å². The molecule has 1 fully saturated rings. The van der Waals surface area contributed by atoms with Crippen molar-refractivity contribution in [2.24, 2.45) is 0 Å². The second kappa shape index (κ2) is 7.43. The molecule has 1 saturated heterocycles. The number of aromatic amines is 1. The van der Waals surface area contributed by atoms with Crippen LogP contribution >= 0.6 is 11.3 Å². The number of nitrogens with one attached hydrogen (secondary N) is 1. The van der Waals surface area contributed by atoms with E-state index >= 15 is 0 Å². The van der Waals surface area contributed by atoms with Gasteiger partial charge in [-0.1, -0.05) is 0 Å². The Balaban J connectivity index is 1.79. The highest BCUT2D eigenvalue weighted by Gasteiger charge is 2.27. The summed E-state index contributed by atoms with van der Waals surface area (Å²) in [6.07, 6.45) is 4.74. The molecule has 0 bridgehead atoms. The first-order valence-corrected chi connectivity index (χ1v) is 12.6. The molecule has 4 aromatic rings. The third-order valence-electron chi connectivity index (χ3n) is 5.56. The zero-order valence-corrected chi connectivity index (χ0v) is 19.0. The summed E-state index contributed by atoms with van der Waals surface area (Å²) in [6, 6.07) is 3.97. The van der Waals surface area contributed by atoms with Gasteiger partial charge in [-0.3, -0.25) is 4.31 Å². The lowest BCUT2D eigenvalue weighted by Gasteiger charge is -2.34. The number of pyridine rings is 1. The highest BCUT2D eigenvalue weighted by Crippen LogP contribution is 2.40. The average molecular weight is 459 g/mol. The van der Waals surface area contributed by atoms with Gasteiger partial charge in [0.25, 0.3) is 0 Å². The molecule has 0 radical (unpaired) electrons. The maximum atomic E-state index is 12.3. The van der Waals surface area contributed by atoms with E-state index < -0.39 is 10.0 Å². The zero-order chi connectivity index (χ0) is 21.8. The van der Waals surface area contributed by atoms with Gasteiger partial charge < -0.3 is 14.6 Å². The van der Waals surface area contributed by atoms with Crippen molar-refractivity contribution in [1.29, 1.82) is 0 Å². The SMILES string of the molecule is C[C@@H]1COCCN1c1nc(-c2ccnc3[nH]ccc23)nc2c(N(C)S(C)(=O)=O)csc12. The lowest BCUT2D eigenvalue weighted by atomic mass is 10.1. The van der Waals surface area contributed by atoms with Crippen LogP contribution in [0, 0.1) is 0 Å². The van der Waals surface area contributed by atoms with Crippen LogP contribution in [0.15, 0.2) is 29.9 Å². The number of hydrogen-bond acceptors (Lipinski definition) is 8. The van der Waals surface area contributed by atoms with Gasteiger partial charge in [-0.05, 0) is 19.1 Å². The highest BCUT2D eigenvalue weighted by molar-refractivity contribution is 7.92. The fourth-order valence-electron chi connectivity index (χ4n) is 3.81. The fraction of sp³-hybridized carbons (Fsp3) is 0.350. The van der Waals surface area contributed by atoms with E-state index in [2.05, 4.69) is 21.8 Å². The van der Waals surface area contributed by atoms with Crippen molar-refractivity contribution in [3.8, 4) is 11.4 Å². The molecular weight excluding hydrogens is 436 g/mol. The number of morpholine rings is 1. The van der Waals surface area contributed by atoms with Gasteiger partial charge in [-0.2, -0.15) is 0 Å². The minimum absolute atomic E-state index is 0.141. The number of rotatable bonds is 4. The number of thiophene rings is 1. The van der Waals surface area contributed by atoms with Crippen LogP contribution in [0.25, 0.3) is 32.6 Å². The molecule has 11 heteroatoms. The van der Waals surface area contributed by atoms with Gasteiger partial charge in [0.1, 0.15) is 11.2 Å². The molecule has 0 amide bonds. The largest absolute Gasteiger partial charge is 0.377 e. The quantitative estimate of drug-likeness (QED) is 0.501. The first kappa shape index (κ1) is 20.2. The Kier molecular flexibility index (Phi) is 4.83. The molecule has 1 atom stereocenters. The fourth-order valence-corrected chi connectivity index (χ4v) is 5.40. The number of sulfonamides is 1. The Morgan fingerprint density at radius 1 is 1.32 bits per heavy atom. The molecular formula is C20H22N6O3S2. The summed E-state index contributed by atoms with van der Waals surface area (Å²) >= 11 is 1.46. The van der Waals surface area contributed by atoms with Crippen molar-refractivity contribution < 1.29 is 13.2 Å². The molecule has 5 heterocycles. The molecule has 0 aromatic carbocycles. The smallest absolute Gasteiger partial charge is 0.232 e. The standard InChI is InChI=1S/C20H22N6O3S2/c1-12-10-29-9-8-26(12)20-17-16(15(11-30-17)25(2)31(3,27)28)23-19(24-20)14-5-7-22-18-13(14)4-6-21-18/h4-7,11-12H,8-10H2,1-3H3,(H,21,22)/t12-/m1/s1. The summed E-state index contributed by atoms with van der Waals surface area (Å²) in [4.78, 5) is 19.5. The Hall–Kier alpha value is -2.76. The Labute approximate surface area is 183 Å². The minimum Gasteiger partial charge on any atom is -0.377 e. The van der Waals surface area contributed by atoms with Gasteiger partial charge in [0, 0.05) is 42.3 Å². The lowest BCUT2D eigenvalue weighted by molar-refractivity contribution is 0.0987. The van der Waals surface area contributed by atoms with E-state index in [4.69, 9.17) is 14.7 Å². The van der Waals surface area contributed by atoms with Gasteiger partial charge in [0.2, 0.25) is 10.0 Å². The first-order valence-electron chi connectivity index (χ1n) is 9.84. The number of ether oxygens (including phenoxy) is 1. The molecule has 0 aliphatic carbocycles. The van der Waals surface area contributed by atoms with Gasteiger partial charge in [-0.25, -0.2) is 23.4 Å². The monoisotopic (exact) mass is 458 g/mol. The van der Waals surface area contributed by atoms with Crippen LogP contribution in [0.5, 0.6) is 0 Å². The van der Waals surface area contributed by atoms with E-state index in [0.29, 0.717) is 36.8 Å². The van der Waals surface area contributed by atoms with E-state index in [1.165, 1.54) is 21.9 Å². The molecule has 0 unspecified atom stereocenters. The van der Waals surface area contributed by atoms with Crippen LogP contribution in [-0.2, 0) is 14.8 Å². The summed E-state index contributed by atoms with van der Waals surface area (Å²) in [5.74, 6) is 1.34. The minimum atomic E-state index is -3.44. The first-order chi connectivity index (χ1) is 14.8. The summed E-state index contributed by atoms with van der Waals surface area (Å²) in [7, 11) is -1.89. The summed E-state index contributed by atoms with van der Waals surface area (Å²) in [6.45, 7) is 4.03. The van der Waals surface area contributed by atoms with E-state index in [1.807, 2.05) is 23.7 Å². The molecule has 5 rings (SSSR count). The van der Waals surface area contributed by atoms with Gasteiger partial charge in [0.05, 0.1) is 35.9 Å². The van der Waals surface area contributed by atoms with Gasteiger partial charge in [0.15, 0.2) is 11.6 Å². The number of nitrogens with zero attached hydrogens (tertiary/aromatic N) is 5. The van der Waals surface area contributed by atoms with E-state index in [1.54, 1.807) is 13.2 Å². The molecule has 1 N–H and O–H groups in total. The molecule has 162 valence electrons. The topological polar surface area (TPSA) is 104 Å². The maximum absolute atomic E-state index is 12.3. The Morgan fingerprint density at radius 3 is 2.94 bits per heavy atom. The van der Waals surface area contributed by atoms with Crippen molar-refractivity contribution in [3.63, 3.8) is 0 Å². The van der Waals surface area contributed by atoms with Crippen molar-refractivity contribution in [1.82, 2.24) is 19.9 Å². The van der Waals surface area contributed by atoms with E-state index in [0.717, 1.165) is 27.1 Å². The van der Waals surface area contributed by atoms with Crippen molar-refractivity contribution >= 4 is 54.1 Å². The second-order valence-electron chi connectivity index (χ2n) is 7.62. The van der Waals surface area contributed by atoms with Crippen molar-refractivity contribution in [2.75, 3.05) is 42.3 Å². The lowest BCUT2D eigenvalue weighted by Crippen LogP contribution is -2.44. The molecule has 0 spiro atoms. The zero-order valence-electron chi connectivity index (χ0n) is 17.4. The molecule has 4 aromatic heterocycles. The number of hydrogen-bond donors (Lipinski definition) is 1. The number of fused-ring (bicyclic) bond motifs is 2. The molecule has 9 nitrogen and oxygen atoms in total. The van der Waals surface area contributed by atoms with E-state index in [9.17, 15) is 8.42 Å². The van der Waals surface area contributed by atoms with Crippen LogP contribution in [0.1, 0.15) is 6.92 Å². The molecule has 1 aliphatic heterocycles. The van der Waals surface area contributed by atoms with Crippen LogP contribution in [0.3, 0.4) is 0 Å². The summed E-state index contributed by atoms with van der Waals surface area (Å²) in [5.41, 5.74) is 2.76. The van der Waals surface area contributed by atoms with Crippen molar-refractivity contribution in [3.05, 3.63) is 29.9 Å². The number of H-pyrrole nitrogens is 1. The predicted molar refractivity (Wildman–Crippen MR) is 123 cm³/mol. The molecule has 1 aliphatic rings.